The summed E-state index contributed by atoms with van der Waals surface area (Å²) in [6.07, 6.45) is 6.93. The molecule has 16 heavy (non-hydrogen) atoms. The molecule has 0 radical (unpaired) electrons. The summed E-state index contributed by atoms with van der Waals surface area (Å²) in [4.78, 5) is 11.6. The maximum absolute atomic E-state index is 11.6. The second-order valence-electron chi connectivity index (χ2n) is 4.57. The maximum Gasteiger partial charge on any atom is 0.234 e. The molecule has 0 saturated heterocycles. The molecule has 1 aliphatic carbocycles. The van der Waals surface area contributed by atoms with Crippen molar-refractivity contribution < 1.29 is 4.79 Å². The third-order valence-corrected chi connectivity index (χ3v) is 4.47. The van der Waals surface area contributed by atoms with Crippen LogP contribution in [0, 0.1) is 0 Å². The minimum absolute atomic E-state index is 0.126. The van der Waals surface area contributed by atoms with Crippen molar-refractivity contribution in [3.05, 3.63) is 0 Å². The van der Waals surface area contributed by atoms with Crippen LogP contribution in [0.2, 0.25) is 0 Å². The summed E-state index contributed by atoms with van der Waals surface area (Å²) in [5.74, 6) is 0.126. The van der Waals surface area contributed by atoms with E-state index in [1.54, 1.807) is 0 Å². The third-order valence-electron chi connectivity index (χ3n) is 3.30. The van der Waals surface area contributed by atoms with Crippen LogP contribution < -0.4 is 10.6 Å². The molecule has 1 fully saturated rings. The zero-order chi connectivity index (χ0) is 12.0. The number of hydrogen-bond donors (Lipinski definition) is 2. The van der Waals surface area contributed by atoms with Gasteiger partial charge in [-0.2, -0.15) is 11.8 Å². The predicted octanol–water partition coefficient (Wildman–Crippen LogP) is 1.77. The Kier molecular flexibility index (Phi) is 6.21. The highest BCUT2D eigenvalue weighted by Crippen LogP contribution is 2.28. The molecule has 1 amide bonds. The summed E-state index contributed by atoms with van der Waals surface area (Å²) in [7, 11) is 0. The number of carbonyl (C=O) groups is 1. The van der Waals surface area contributed by atoms with Crippen molar-refractivity contribution >= 4 is 17.7 Å². The van der Waals surface area contributed by atoms with Gasteiger partial charge in [-0.3, -0.25) is 4.79 Å². The van der Waals surface area contributed by atoms with Crippen LogP contribution in [0.5, 0.6) is 0 Å². The lowest BCUT2D eigenvalue weighted by molar-refractivity contribution is -0.120. The van der Waals surface area contributed by atoms with Gasteiger partial charge in [0, 0.05) is 17.3 Å². The lowest BCUT2D eigenvalue weighted by Gasteiger charge is -2.19. The van der Waals surface area contributed by atoms with Crippen molar-refractivity contribution in [2.45, 2.75) is 56.9 Å². The van der Waals surface area contributed by atoms with Gasteiger partial charge >= 0.3 is 0 Å². The van der Waals surface area contributed by atoms with Crippen molar-refractivity contribution in [1.29, 1.82) is 0 Å². The average molecular weight is 244 g/mol. The van der Waals surface area contributed by atoms with Crippen molar-refractivity contribution in [3.63, 3.8) is 0 Å². The molecule has 94 valence electrons. The molecule has 0 aliphatic heterocycles. The number of rotatable bonds is 6. The van der Waals surface area contributed by atoms with E-state index in [0.29, 0.717) is 17.8 Å². The van der Waals surface area contributed by atoms with Gasteiger partial charge in [-0.05, 0) is 32.4 Å². The first-order valence-electron chi connectivity index (χ1n) is 6.23. The zero-order valence-electron chi connectivity index (χ0n) is 10.6. The first-order chi connectivity index (χ1) is 7.67. The molecule has 0 bridgehead atoms. The van der Waals surface area contributed by atoms with E-state index in [4.69, 9.17) is 0 Å². The van der Waals surface area contributed by atoms with E-state index in [-0.39, 0.29) is 11.9 Å². The Morgan fingerprint density at radius 3 is 2.88 bits per heavy atom. The van der Waals surface area contributed by atoms with E-state index in [0.717, 1.165) is 6.42 Å². The minimum atomic E-state index is 0.126. The Morgan fingerprint density at radius 2 is 2.25 bits per heavy atom. The van der Waals surface area contributed by atoms with Gasteiger partial charge in [0.25, 0.3) is 0 Å². The lowest BCUT2D eigenvalue weighted by Crippen LogP contribution is -2.43. The fraction of sp³-hybridized carbons (Fsp3) is 0.917. The van der Waals surface area contributed by atoms with Gasteiger partial charge in [-0.15, -0.1) is 0 Å². The van der Waals surface area contributed by atoms with E-state index in [1.807, 2.05) is 18.7 Å². The largest absolute Gasteiger partial charge is 0.353 e. The highest BCUT2D eigenvalue weighted by atomic mass is 32.2. The topological polar surface area (TPSA) is 41.1 Å². The summed E-state index contributed by atoms with van der Waals surface area (Å²) >= 11 is 1.92. The second kappa shape index (κ2) is 7.17. The predicted molar refractivity (Wildman–Crippen MR) is 70.8 cm³/mol. The molecular formula is C12H24N2OS. The minimum Gasteiger partial charge on any atom is -0.353 e. The molecule has 3 nitrogen and oxygen atoms in total. The number of amides is 1. The van der Waals surface area contributed by atoms with E-state index in [9.17, 15) is 4.79 Å². The molecule has 3 unspecified atom stereocenters. The molecule has 1 rings (SSSR count). The Morgan fingerprint density at radius 1 is 1.50 bits per heavy atom. The summed E-state index contributed by atoms with van der Waals surface area (Å²) in [5, 5.41) is 7.05. The number of thioether (sulfide) groups is 1. The molecule has 0 heterocycles. The first kappa shape index (κ1) is 13.8. The van der Waals surface area contributed by atoms with Crippen LogP contribution in [0.4, 0.5) is 0 Å². The Labute approximate surface area is 103 Å². The molecule has 1 aliphatic rings. The van der Waals surface area contributed by atoms with Crippen LogP contribution in [0.15, 0.2) is 0 Å². The van der Waals surface area contributed by atoms with E-state index in [1.165, 1.54) is 19.3 Å². The van der Waals surface area contributed by atoms with Crippen molar-refractivity contribution in [1.82, 2.24) is 10.6 Å². The summed E-state index contributed by atoms with van der Waals surface area (Å²) in [6.45, 7) is 4.59. The van der Waals surface area contributed by atoms with Gasteiger partial charge in [-0.25, -0.2) is 0 Å². The third kappa shape index (κ3) is 4.34. The normalized spacial score (nSPS) is 26.7. The van der Waals surface area contributed by atoms with Gasteiger partial charge in [0.2, 0.25) is 5.91 Å². The van der Waals surface area contributed by atoms with Crippen LogP contribution >= 0.6 is 11.8 Å². The van der Waals surface area contributed by atoms with Gasteiger partial charge in [0.15, 0.2) is 0 Å². The van der Waals surface area contributed by atoms with Crippen LogP contribution in [-0.2, 0) is 4.79 Å². The molecular weight excluding hydrogens is 220 g/mol. The maximum atomic E-state index is 11.6. The summed E-state index contributed by atoms with van der Waals surface area (Å²) in [5.41, 5.74) is 0. The molecule has 0 aromatic heterocycles. The van der Waals surface area contributed by atoms with Crippen LogP contribution in [-0.4, -0.2) is 36.0 Å². The zero-order valence-corrected chi connectivity index (χ0v) is 11.4. The Bertz CT molecular complexity index is 223. The smallest absolute Gasteiger partial charge is 0.234 e. The molecule has 2 N–H and O–H groups in total. The van der Waals surface area contributed by atoms with Gasteiger partial charge in [-0.1, -0.05) is 13.3 Å². The number of hydrogen-bond acceptors (Lipinski definition) is 3. The molecule has 4 heteroatoms. The van der Waals surface area contributed by atoms with Crippen molar-refractivity contribution in [3.8, 4) is 0 Å². The quantitative estimate of drug-likeness (QED) is 0.748. The molecule has 1 saturated carbocycles. The fourth-order valence-corrected chi connectivity index (χ4v) is 3.06. The van der Waals surface area contributed by atoms with Crippen molar-refractivity contribution in [2.75, 3.05) is 12.8 Å². The highest BCUT2D eigenvalue weighted by Gasteiger charge is 2.26. The fourth-order valence-electron chi connectivity index (χ4n) is 2.09. The summed E-state index contributed by atoms with van der Waals surface area (Å²) < 4.78 is 0. The van der Waals surface area contributed by atoms with Gasteiger partial charge < -0.3 is 10.6 Å². The van der Waals surface area contributed by atoms with Crippen LogP contribution in [0.25, 0.3) is 0 Å². The molecule has 0 aromatic carbocycles. The van der Waals surface area contributed by atoms with Gasteiger partial charge in [0.1, 0.15) is 0 Å². The SMILES string of the molecule is CCC(C)NC(=O)CNC1CCCC1SC. The highest BCUT2D eigenvalue weighted by molar-refractivity contribution is 7.99. The lowest BCUT2D eigenvalue weighted by atomic mass is 10.2. The molecule has 0 aromatic rings. The molecule has 3 atom stereocenters. The second-order valence-corrected chi connectivity index (χ2v) is 5.65. The van der Waals surface area contributed by atoms with Crippen molar-refractivity contribution in [2.24, 2.45) is 0 Å². The first-order valence-corrected chi connectivity index (χ1v) is 7.51. The Hall–Kier alpha value is -0.220. The number of nitrogens with one attached hydrogen (secondary N) is 2. The van der Waals surface area contributed by atoms with Crippen LogP contribution in [0.3, 0.4) is 0 Å². The van der Waals surface area contributed by atoms with E-state index < -0.39 is 0 Å². The Balaban J connectivity index is 2.20. The average Bonchev–Trinajstić information content (AvgIpc) is 2.73. The summed E-state index contributed by atoms with van der Waals surface area (Å²) in [6, 6.07) is 0.812. The monoisotopic (exact) mass is 244 g/mol. The number of carbonyl (C=O) groups excluding carboxylic acids is 1. The van der Waals surface area contributed by atoms with Crippen LogP contribution in [0.1, 0.15) is 39.5 Å². The van der Waals surface area contributed by atoms with E-state index in [2.05, 4.69) is 23.8 Å². The standard InChI is InChI=1S/C12H24N2OS/c1-4-9(2)14-12(15)8-13-10-6-5-7-11(10)16-3/h9-11,13H,4-8H2,1-3H3,(H,14,15). The van der Waals surface area contributed by atoms with E-state index >= 15 is 0 Å². The van der Waals surface area contributed by atoms with Gasteiger partial charge in [0.05, 0.1) is 6.54 Å². The molecule has 0 spiro atoms.